The second-order valence-corrected chi connectivity index (χ2v) is 5.95. The monoisotopic (exact) mass is 317 g/mol. The van der Waals surface area contributed by atoms with Crippen LogP contribution in [0.15, 0.2) is 30.5 Å². The molecule has 124 valence electrons. The number of benzene rings is 1. The molecule has 0 saturated carbocycles. The van der Waals surface area contributed by atoms with E-state index in [0.29, 0.717) is 5.69 Å². The summed E-state index contributed by atoms with van der Waals surface area (Å²) in [6.07, 6.45) is 1.25. The molecule has 0 aliphatic rings. The summed E-state index contributed by atoms with van der Waals surface area (Å²) in [5.74, 6) is -0.278. The number of rotatable bonds is 6. The quantitative estimate of drug-likeness (QED) is 0.759. The van der Waals surface area contributed by atoms with Crippen LogP contribution in [0.25, 0.3) is 10.9 Å². The maximum absolute atomic E-state index is 12.0. The molecule has 0 bridgehead atoms. The summed E-state index contributed by atoms with van der Waals surface area (Å²) in [5, 5.41) is 16.2. The van der Waals surface area contributed by atoms with Crippen LogP contribution in [-0.2, 0) is 16.1 Å². The van der Waals surface area contributed by atoms with E-state index in [1.165, 1.54) is 0 Å². The van der Waals surface area contributed by atoms with E-state index in [2.05, 4.69) is 10.6 Å². The van der Waals surface area contributed by atoms with Crippen LogP contribution < -0.4 is 10.6 Å². The van der Waals surface area contributed by atoms with Gasteiger partial charge in [0.1, 0.15) is 6.54 Å². The number of fused-ring (bicyclic) bond motifs is 1. The molecule has 1 heterocycles. The number of nitrogens with zero attached hydrogens (tertiary/aromatic N) is 1. The first-order chi connectivity index (χ1) is 10.9. The van der Waals surface area contributed by atoms with E-state index in [-0.39, 0.29) is 30.7 Å². The van der Waals surface area contributed by atoms with Crippen LogP contribution in [0.1, 0.15) is 20.3 Å². The average molecular weight is 317 g/mol. The third-order valence-corrected chi connectivity index (χ3v) is 3.81. The fraction of sp³-hybridized carbons (Fsp3) is 0.412. The van der Waals surface area contributed by atoms with Crippen molar-refractivity contribution in [3.05, 3.63) is 30.5 Å². The first-order valence-electron chi connectivity index (χ1n) is 7.68. The Labute approximate surface area is 135 Å². The smallest absolute Gasteiger partial charge is 0.239 e. The molecule has 2 rings (SSSR count). The van der Waals surface area contributed by atoms with Crippen molar-refractivity contribution in [1.82, 2.24) is 9.88 Å². The lowest BCUT2D eigenvalue weighted by Crippen LogP contribution is -2.24. The number of aliphatic hydroxyl groups excluding tert-OH is 1. The first-order valence-corrected chi connectivity index (χ1v) is 7.68. The Balaban J connectivity index is 2.14. The third kappa shape index (κ3) is 4.32. The van der Waals surface area contributed by atoms with Gasteiger partial charge in [0.05, 0.1) is 18.0 Å². The summed E-state index contributed by atoms with van der Waals surface area (Å²) in [6, 6.07) is 7.46. The number of anilines is 1. The van der Waals surface area contributed by atoms with Gasteiger partial charge in [-0.3, -0.25) is 9.59 Å². The Hall–Kier alpha value is -2.34. The number of hydrogen-bond donors (Lipinski definition) is 3. The Kier molecular flexibility index (Phi) is 5.39. The molecule has 23 heavy (non-hydrogen) atoms. The lowest BCUT2D eigenvalue weighted by Gasteiger charge is -2.14. The molecule has 1 aromatic carbocycles. The summed E-state index contributed by atoms with van der Waals surface area (Å²) < 4.78 is 1.83. The Bertz CT molecular complexity index is 706. The van der Waals surface area contributed by atoms with Crippen molar-refractivity contribution in [1.29, 1.82) is 0 Å². The van der Waals surface area contributed by atoms with E-state index in [1.54, 1.807) is 7.05 Å². The SMILES string of the molecule is CNC(=O)Cn1ccc2ccc(NC(=O)CC(O)C(C)C)cc21. The molecule has 3 N–H and O–H groups in total. The largest absolute Gasteiger partial charge is 0.392 e. The predicted octanol–water partition coefficient (Wildman–Crippen LogP) is 1.73. The summed E-state index contributed by atoms with van der Waals surface area (Å²) in [4.78, 5) is 23.5. The lowest BCUT2D eigenvalue weighted by atomic mass is 10.0. The van der Waals surface area contributed by atoms with Gasteiger partial charge in [-0.25, -0.2) is 0 Å². The van der Waals surface area contributed by atoms with Crippen molar-refractivity contribution in [2.75, 3.05) is 12.4 Å². The minimum absolute atomic E-state index is 0.0352. The average Bonchev–Trinajstić information content (AvgIpc) is 2.89. The molecular formula is C17H23N3O3. The van der Waals surface area contributed by atoms with Crippen molar-refractivity contribution in [2.45, 2.75) is 32.9 Å². The van der Waals surface area contributed by atoms with Gasteiger partial charge >= 0.3 is 0 Å². The second-order valence-electron chi connectivity index (χ2n) is 5.95. The van der Waals surface area contributed by atoms with Gasteiger partial charge in [0.15, 0.2) is 0 Å². The van der Waals surface area contributed by atoms with Crippen LogP contribution in [0.2, 0.25) is 0 Å². The molecule has 1 atom stereocenters. The molecule has 0 aliphatic carbocycles. The summed E-state index contributed by atoms with van der Waals surface area (Å²) in [6.45, 7) is 3.97. The number of carbonyl (C=O) groups excluding carboxylic acids is 2. The van der Waals surface area contributed by atoms with Crippen molar-refractivity contribution in [3.8, 4) is 0 Å². The number of hydrogen-bond acceptors (Lipinski definition) is 3. The molecule has 6 nitrogen and oxygen atoms in total. The minimum Gasteiger partial charge on any atom is -0.392 e. The summed E-state index contributed by atoms with van der Waals surface area (Å²) in [5.41, 5.74) is 1.52. The van der Waals surface area contributed by atoms with E-state index in [9.17, 15) is 14.7 Å². The van der Waals surface area contributed by atoms with Crippen molar-refractivity contribution < 1.29 is 14.7 Å². The Morgan fingerprint density at radius 3 is 2.61 bits per heavy atom. The van der Waals surface area contributed by atoms with E-state index in [1.807, 2.05) is 48.9 Å². The number of likely N-dealkylation sites (N-methyl/N-ethyl adjacent to an activating group) is 1. The molecular weight excluding hydrogens is 294 g/mol. The zero-order valence-electron chi connectivity index (χ0n) is 13.7. The highest BCUT2D eigenvalue weighted by Crippen LogP contribution is 2.21. The van der Waals surface area contributed by atoms with Crippen LogP contribution in [-0.4, -0.2) is 34.6 Å². The zero-order chi connectivity index (χ0) is 17.0. The molecule has 1 unspecified atom stereocenters. The Morgan fingerprint density at radius 1 is 1.22 bits per heavy atom. The van der Waals surface area contributed by atoms with E-state index >= 15 is 0 Å². The van der Waals surface area contributed by atoms with Gasteiger partial charge in [-0.1, -0.05) is 19.9 Å². The Morgan fingerprint density at radius 2 is 1.96 bits per heavy atom. The number of aromatic nitrogens is 1. The van der Waals surface area contributed by atoms with Crippen molar-refractivity contribution >= 4 is 28.4 Å². The molecule has 0 spiro atoms. The van der Waals surface area contributed by atoms with Crippen LogP contribution in [0.3, 0.4) is 0 Å². The zero-order valence-corrected chi connectivity index (χ0v) is 13.7. The fourth-order valence-corrected chi connectivity index (χ4v) is 2.27. The van der Waals surface area contributed by atoms with Gasteiger partial charge < -0.3 is 20.3 Å². The number of aliphatic hydroxyl groups is 1. The van der Waals surface area contributed by atoms with Gasteiger partial charge in [0, 0.05) is 18.9 Å². The van der Waals surface area contributed by atoms with Crippen LogP contribution in [0, 0.1) is 5.92 Å². The highest BCUT2D eigenvalue weighted by molar-refractivity contribution is 5.94. The van der Waals surface area contributed by atoms with Gasteiger partial charge in [-0.2, -0.15) is 0 Å². The number of carbonyl (C=O) groups is 2. The van der Waals surface area contributed by atoms with Gasteiger partial charge in [-0.15, -0.1) is 0 Å². The standard InChI is InChI=1S/C17H23N3O3/c1-11(2)15(21)9-16(22)19-13-5-4-12-6-7-20(14(12)8-13)10-17(23)18-3/h4-8,11,15,21H,9-10H2,1-3H3,(H,18,23)(H,19,22). The second kappa shape index (κ2) is 7.28. The van der Waals surface area contributed by atoms with Gasteiger partial charge in [-0.05, 0) is 29.5 Å². The minimum atomic E-state index is -0.657. The molecule has 6 heteroatoms. The normalized spacial score (nSPS) is 12.4. The molecule has 2 aromatic rings. The highest BCUT2D eigenvalue weighted by atomic mass is 16.3. The molecule has 0 fully saturated rings. The van der Waals surface area contributed by atoms with Crippen LogP contribution in [0.5, 0.6) is 0 Å². The predicted molar refractivity (Wildman–Crippen MR) is 90.1 cm³/mol. The number of nitrogens with one attached hydrogen (secondary N) is 2. The van der Waals surface area contributed by atoms with Crippen LogP contribution in [0.4, 0.5) is 5.69 Å². The summed E-state index contributed by atoms with van der Waals surface area (Å²) >= 11 is 0. The van der Waals surface area contributed by atoms with Gasteiger partial charge in [0.2, 0.25) is 11.8 Å². The molecule has 1 aromatic heterocycles. The first kappa shape index (κ1) is 17.0. The van der Waals surface area contributed by atoms with Crippen molar-refractivity contribution in [2.24, 2.45) is 5.92 Å². The molecule has 2 amide bonds. The lowest BCUT2D eigenvalue weighted by molar-refractivity contribution is -0.121. The maximum atomic E-state index is 12.0. The molecule has 0 radical (unpaired) electrons. The van der Waals surface area contributed by atoms with E-state index in [0.717, 1.165) is 10.9 Å². The topological polar surface area (TPSA) is 83.4 Å². The summed E-state index contributed by atoms with van der Waals surface area (Å²) in [7, 11) is 1.60. The maximum Gasteiger partial charge on any atom is 0.239 e. The van der Waals surface area contributed by atoms with Gasteiger partial charge in [0.25, 0.3) is 0 Å². The fourth-order valence-electron chi connectivity index (χ4n) is 2.27. The van der Waals surface area contributed by atoms with Crippen LogP contribution >= 0.6 is 0 Å². The highest BCUT2D eigenvalue weighted by Gasteiger charge is 2.14. The van der Waals surface area contributed by atoms with E-state index in [4.69, 9.17) is 0 Å². The third-order valence-electron chi connectivity index (χ3n) is 3.81. The van der Waals surface area contributed by atoms with Crippen molar-refractivity contribution in [3.63, 3.8) is 0 Å². The molecule has 0 saturated heterocycles. The number of amides is 2. The molecule has 0 aliphatic heterocycles. The van der Waals surface area contributed by atoms with E-state index < -0.39 is 6.10 Å².